The van der Waals surface area contributed by atoms with Gasteiger partial charge in [0.2, 0.25) is 0 Å². The highest BCUT2D eigenvalue weighted by Gasteiger charge is 2.12. The lowest BCUT2D eigenvalue weighted by Gasteiger charge is -2.21. The topological polar surface area (TPSA) is 3.24 Å². The molecule has 1 nitrogen and oxygen atoms in total. The van der Waals surface area contributed by atoms with Gasteiger partial charge in [0.05, 0.1) is 0 Å². The Bertz CT molecular complexity index is 159. The summed E-state index contributed by atoms with van der Waals surface area (Å²) in [4.78, 5) is 2.13. The van der Waals surface area contributed by atoms with Crippen LogP contribution in [0.1, 0.15) is 40.5 Å². The number of allylic oxidation sites excluding steroid dienone is 1. The van der Waals surface area contributed by atoms with Crippen molar-refractivity contribution >= 4 is 0 Å². The van der Waals surface area contributed by atoms with Crippen LogP contribution in [0, 0.1) is 11.8 Å². The molecule has 13 heavy (non-hydrogen) atoms. The van der Waals surface area contributed by atoms with Gasteiger partial charge in [0.25, 0.3) is 0 Å². The summed E-state index contributed by atoms with van der Waals surface area (Å²) in [7, 11) is 4.17. The molecule has 0 aliphatic carbocycles. The van der Waals surface area contributed by atoms with Gasteiger partial charge in [-0.2, -0.15) is 0 Å². The van der Waals surface area contributed by atoms with Gasteiger partial charge in [0.15, 0.2) is 0 Å². The van der Waals surface area contributed by atoms with Crippen LogP contribution in [0.2, 0.25) is 0 Å². The minimum absolute atomic E-state index is 0.711. The molecule has 0 saturated heterocycles. The molecule has 2 unspecified atom stereocenters. The van der Waals surface area contributed by atoms with Gasteiger partial charge in [-0.3, -0.25) is 0 Å². The molecule has 0 spiro atoms. The Morgan fingerprint density at radius 1 is 1.31 bits per heavy atom. The number of nitrogens with zero attached hydrogens (tertiary/aromatic N) is 1. The number of rotatable bonds is 5. The zero-order chi connectivity index (χ0) is 10.4. The van der Waals surface area contributed by atoms with Crippen molar-refractivity contribution in [1.82, 2.24) is 4.90 Å². The molecule has 0 aromatic carbocycles. The highest BCUT2D eigenvalue weighted by Crippen LogP contribution is 2.23. The lowest BCUT2D eigenvalue weighted by molar-refractivity contribution is 0.399. The van der Waals surface area contributed by atoms with Crippen LogP contribution in [0.5, 0.6) is 0 Å². The Labute approximate surface area is 83.8 Å². The third kappa shape index (κ3) is 4.97. The van der Waals surface area contributed by atoms with E-state index >= 15 is 0 Å². The summed E-state index contributed by atoms with van der Waals surface area (Å²) in [5, 5.41) is 0. The smallest absolute Gasteiger partial charge is 0.00556 e. The van der Waals surface area contributed by atoms with Gasteiger partial charge in [0, 0.05) is 14.1 Å². The van der Waals surface area contributed by atoms with E-state index in [1.54, 1.807) is 0 Å². The first-order valence-electron chi connectivity index (χ1n) is 5.33. The molecule has 0 rings (SSSR count). The van der Waals surface area contributed by atoms with Gasteiger partial charge in [-0.05, 0) is 25.0 Å². The number of hydrogen-bond acceptors (Lipinski definition) is 1. The minimum Gasteiger partial charge on any atom is -0.384 e. The summed E-state index contributed by atoms with van der Waals surface area (Å²) in [6, 6.07) is 0. The minimum atomic E-state index is 0.711. The van der Waals surface area contributed by atoms with Crippen LogP contribution in [0.25, 0.3) is 0 Å². The highest BCUT2D eigenvalue weighted by atomic mass is 15.0. The fourth-order valence-corrected chi connectivity index (χ4v) is 1.68. The molecule has 0 heterocycles. The van der Waals surface area contributed by atoms with Crippen LogP contribution in [0.4, 0.5) is 0 Å². The van der Waals surface area contributed by atoms with E-state index in [4.69, 9.17) is 0 Å². The molecule has 0 bridgehead atoms. The average Bonchev–Trinajstić information content (AvgIpc) is 2.02. The van der Waals surface area contributed by atoms with E-state index in [1.807, 2.05) is 0 Å². The predicted octanol–water partition coefficient (Wildman–Crippen LogP) is 3.52. The summed E-state index contributed by atoms with van der Waals surface area (Å²) in [5.41, 5.74) is 1.49. The molecule has 0 aliphatic rings. The molecule has 0 N–H and O–H groups in total. The summed E-state index contributed by atoms with van der Waals surface area (Å²) in [6.45, 7) is 9.17. The summed E-state index contributed by atoms with van der Waals surface area (Å²) in [5.74, 6) is 1.52. The number of hydrogen-bond donors (Lipinski definition) is 0. The van der Waals surface area contributed by atoms with Crippen molar-refractivity contribution in [2.24, 2.45) is 11.8 Å². The fraction of sp³-hybridized carbons (Fsp3) is 0.833. The van der Waals surface area contributed by atoms with E-state index in [2.05, 4.69) is 52.9 Å². The molecular formula is C12H25N. The summed E-state index contributed by atoms with van der Waals surface area (Å²) >= 11 is 0. The van der Waals surface area contributed by atoms with Crippen LogP contribution in [-0.2, 0) is 0 Å². The van der Waals surface area contributed by atoms with E-state index in [0.29, 0.717) is 5.92 Å². The Kier molecular flexibility index (Phi) is 5.85. The molecule has 1 heteroatoms. The van der Waals surface area contributed by atoms with Crippen molar-refractivity contribution in [3.8, 4) is 0 Å². The molecule has 0 aliphatic heterocycles. The van der Waals surface area contributed by atoms with Crippen molar-refractivity contribution in [2.45, 2.75) is 40.5 Å². The lowest BCUT2D eigenvalue weighted by atomic mass is 9.87. The first-order chi connectivity index (χ1) is 5.99. The highest BCUT2D eigenvalue weighted by molar-refractivity contribution is 5.02. The first kappa shape index (κ1) is 12.5. The maximum atomic E-state index is 2.35. The molecule has 0 saturated carbocycles. The Morgan fingerprint density at radius 3 is 2.23 bits per heavy atom. The van der Waals surface area contributed by atoms with Gasteiger partial charge >= 0.3 is 0 Å². The maximum Gasteiger partial charge on any atom is 0.00556 e. The largest absolute Gasteiger partial charge is 0.384 e. The second-order valence-corrected chi connectivity index (χ2v) is 4.39. The molecule has 0 amide bonds. The zero-order valence-corrected chi connectivity index (χ0v) is 10.1. The second kappa shape index (κ2) is 6.06. The van der Waals surface area contributed by atoms with E-state index < -0.39 is 0 Å². The molecule has 0 radical (unpaired) electrons. The van der Waals surface area contributed by atoms with Gasteiger partial charge < -0.3 is 4.90 Å². The van der Waals surface area contributed by atoms with Gasteiger partial charge in [0.1, 0.15) is 0 Å². The monoisotopic (exact) mass is 183 g/mol. The van der Waals surface area contributed by atoms with E-state index in [0.717, 1.165) is 5.92 Å². The van der Waals surface area contributed by atoms with E-state index in [-0.39, 0.29) is 0 Å². The second-order valence-electron chi connectivity index (χ2n) is 4.39. The summed E-state index contributed by atoms with van der Waals surface area (Å²) < 4.78 is 0. The Morgan fingerprint density at radius 2 is 1.85 bits per heavy atom. The normalized spacial score (nSPS) is 16.9. The van der Waals surface area contributed by atoms with Gasteiger partial charge in [-0.1, -0.05) is 39.2 Å². The predicted molar refractivity (Wildman–Crippen MR) is 60.7 cm³/mol. The van der Waals surface area contributed by atoms with Crippen molar-refractivity contribution < 1.29 is 0 Å². The molecule has 0 fully saturated rings. The van der Waals surface area contributed by atoms with E-state index in [9.17, 15) is 0 Å². The SMILES string of the molecule is CCCC(C)C(C)C(C)=CN(C)C. The van der Waals surface area contributed by atoms with Crippen molar-refractivity contribution in [3.05, 3.63) is 11.8 Å². The Hall–Kier alpha value is -0.460. The standard InChI is InChI=1S/C12H25N/c1-7-8-10(2)12(4)11(3)9-13(5)6/h9-10,12H,7-8H2,1-6H3. The van der Waals surface area contributed by atoms with Crippen LogP contribution < -0.4 is 0 Å². The Balaban J connectivity index is 4.15. The average molecular weight is 183 g/mol. The van der Waals surface area contributed by atoms with Crippen LogP contribution in [-0.4, -0.2) is 19.0 Å². The molecule has 2 atom stereocenters. The maximum absolute atomic E-state index is 2.35. The van der Waals surface area contributed by atoms with Crippen LogP contribution >= 0.6 is 0 Å². The quantitative estimate of drug-likeness (QED) is 0.630. The van der Waals surface area contributed by atoms with Crippen LogP contribution in [0.3, 0.4) is 0 Å². The summed E-state index contributed by atoms with van der Waals surface area (Å²) in [6.07, 6.45) is 4.86. The van der Waals surface area contributed by atoms with Crippen LogP contribution in [0.15, 0.2) is 11.8 Å². The van der Waals surface area contributed by atoms with Gasteiger partial charge in [-0.15, -0.1) is 0 Å². The van der Waals surface area contributed by atoms with Gasteiger partial charge in [-0.25, -0.2) is 0 Å². The molecular weight excluding hydrogens is 158 g/mol. The molecule has 0 aromatic heterocycles. The molecule has 0 aromatic rings. The zero-order valence-electron chi connectivity index (χ0n) is 10.1. The molecule has 78 valence electrons. The fourth-order valence-electron chi connectivity index (χ4n) is 1.68. The van der Waals surface area contributed by atoms with Crippen molar-refractivity contribution in [3.63, 3.8) is 0 Å². The van der Waals surface area contributed by atoms with E-state index in [1.165, 1.54) is 18.4 Å². The van der Waals surface area contributed by atoms with Crippen molar-refractivity contribution in [2.75, 3.05) is 14.1 Å². The third-order valence-corrected chi connectivity index (χ3v) is 2.78. The third-order valence-electron chi connectivity index (χ3n) is 2.78. The van der Waals surface area contributed by atoms with Crippen molar-refractivity contribution in [1.29, 1.82) is 0 Å². The lowest BCUT2D eigenvalue weighted by Crippen LogP contribution is -2.12. The first-order valence-corrected chi connectivity index (χ1v) is 5.33.